The van der Waals surface area contributed by atoms with Crippen LogP contribution in [0.5, 0.6) is 0 Å². The Morgan fingerprint density at radius 1 is 1.05 bits per heavy atom. The van der Waals surface area contributed by atoms with E-state index in [1.165, 1.54) is 5.56 Å². The van der Waals surface area contributed by atoms with E-state index in [-0.39, 0.29) is 5.91 Å². The zero-order valence-corrected chi connectivity index (χ0v) is 12.1. The first-order valence-electron chi connectivity index (χ1n) is 7.13. The summed E-state index contributed by atoms with van der Waals surface area (Å²) in [6.45, 7) is 4.34. The van der Waals surface area contributed by atoms with Gasteiger partial charge in [-0.1, -0.05) is 62.4 Å². The van der Waals surface area contributed by atoms with Gasteiger partial charge in [-0.2, -0.15) is 0 Å². The highest BCUT2D eigenvalue weighted by Gasteiger charge is 2.11. The summed E-state index contributed by atoms with van der Waals surface area (Å²) in [7, 11) is 0. The number of nitrogens with one attached hydrogen (secondary N) is 1. The maximum Gasteiger partial charge on any atom is 0.228 e. The molecule has 0 radical (unpaired) electrons. The lowest BCUT2D eigenvalue weighted by molar-refractivity contribution is -0.115. The number of para-hydroxylation sites is 1. The number of carbonyl (C=O) groups excluding carboxylic acids is 1. The molecule has 0 aromatic heterocycles. The minimum Gasteiger partial charge on any atom is -0.326 e. The average molecular weight is 267 g/mol. The molecule has 0 saturated carbocycles. The normalized spacial score (nSPS) is 11.9. The van der Waals surface area contributed by atoms with Gasteiger partial charge < -0.3 is 5.32 Å². The first-order chi connectivity index (χ1) is 9.70. The third-order valence-corrected chi connectivity index (χ3v) is 3.59. The molecule has 0 fully saturated rings. The van der Waals surface area contributed by atoms with Gasteiger partial charge in [-0.3, -0.25) is 4.79 Å². The van der Waals surface area contributed by atoms with E-state index in [1.807, 2.05) is 48.5 Å². The molecule has 1 unspecified atom stereocenters. The number of carbonyl (C=O) groups is 1. The van der Waals surface area contributed by atoms with Crippen molar-refractivity contribution in [3.05, 3.63) is 65.7 Å². The van der Waals surface area contributed by atoms with Crippen molar-refractivity contribution in [2.45, 2.75) is 32.6 Å². The van der Waals surface area contributed by atoms with Gasteiger partial charge in [0.1, 0.15) is 0 Å². The van der Waals surface area contributed by atoms with Gasteiger partial charge >= 0.3 is 0 Å². The van der Waals surface area contributed by atoms with Crippen LogP contribution in [-0.4, -0.2) is 5.91 Å². The van der Waals surface area contributed by atoms with E-state index < -0.39 is 0 Å². The van der Waals surface area contributed by atoms with E-state index in [1.54, 1.807) is 0 Å². The number of hydrogen-bond donors (Lipinski definition) is 1. The molecule has 0 aliphatic rings. The van der Waals surface area contributed by atoms with Crippen LogP contribution >= 0.6 is 0 Å². The van der Waals surface area contributed by atoms with Gasteiger partial charge in [-0.25, -0.2) is 0 Å². The van der Waals surface area contributed by atoms with Gasteiger partial charge in [-0.15, -0.1) is 0 Å². The van der Waals surface area contributed by atoms with Crippen molar-refractivity contribution in [1.29, 1.82) is 0 Å². The van der Waals surface area contributed by atoms with Crippen molar-refractivity contribution in [3.8, 4) is 0 Å². The molecule has 1 N–H and O–H groups in total. The fraction of sp³-hybridized carbons (Fsp3) is 0.278. The minimum atomic E-state index is 0.0342. The predicted octanol–water partition coefficient (Wildman–Crippen LogP) is 4.38. The molecule has 2 heteroatoms. The van der Waals surface area contributed by atoms with E-state index in [9.17, 15) is 4.79 Å². The van der Waals surface area contributed by atoms with Gasteiger partial charge in [-0.05, 0) is 29.5 Å². The molecular formula is C18H21NO. The van der Waals surface area contributed by atoms with Crippen LogP contribution < -0.4 is 5.32 Å². The van der Waals surface area contributed by atoms with Crippen molar-refractivity contribution in [2.75, 3.05) is 5.32 Å². The van der Waals surface area contributed by atoms with Crippen LogP contribution in [0.25, 0.3) is 0 Å². The van der Waals surface area contributed by atoms with Crippen LogP contribution in [0.1, 0.15) is 37.3 Å². The van der Waals surface area contributed by atoms with Gasteiger partial charge in [0.25, 0.3) is 0 Å². The number of rotatable bonds is 5. The summed E-state index contributed by atoms with van der Waals surface area (Å²) < 4.78 is 0. The fourth-order valence-electron chi connectivity index (χ4n) is 2.24. The highest BCUT2D eigenvalue weighted by atomic mass is 16.1. The van der Waals surface area contributed by atoms with Crippen LogP contribution in [0.2, 0.25) is 0 Å². The highest BCUT2D eigenvalue weighted by Crippen LogP contribution is 2.26. The third kappa shape index (κ3) is 3.70. The van der Waals surface area contributed by atoms with Gasteiger partial charge in [0.2, 0.25) is 5.91 Å². The molecule has 0 saturated heterocycles. The Balaban J connectivity index is 2.08. The smallest absolute Gasteiger partial charge is 0.228 e. The first kappa shape index (κ1) is 14.3. The Hall–Kier alpha value is -2.09. The second-order valence-corrected chi connectivity index (χ2v) is 5.11. The summed E-state index contributed by atoms with van der Waals surface area (Å²) >= 11 is 0. The van der Waals surface area contributed by atoms with Crippen molar-refractivity contribution in [1.82, 2.24) is 0 Å². The van der Waals surface area contributed by atoms with Crippen molar-refractivity contribution in [3.63, 3.8) is 0 Å². The Kier molecular flexibility index (Phi) is 4.94. The summed E-state index contributed by atoms with van der Waals surface area (Å²) in [5.74, 6) is 0.482. The predicted molar refractivity (Wildman–Crippen MR) is 83.9 cm³/mol. The van der Waals surface area contributed by atoms with E-state index in [0.717, 1.165) is 17.7 Å². The van der Waals surface area contributed by atoms with E-state index in [0.29, 0.717) is 12.3 Å². The topological polar surface area (TPSA) is 29.1 Å². The van der Waals surface area contributed by atoms with Crippen LogP contribution in [0.3, 0.4) is 0 Å². The van der Waals surface area contributed by atoms with Crippen LogP contribution in [0.4, 0.5) is 5.69 Å². The molecule has 1 atom stereocenters. The molecule has 1 amide bonds. The molecule has 2 rings (SSSR count). The average Bonchev–Trinajstić information content (AvgIpc) is 2.48. The minimum absolute atomic E-state index is 0.0342. The standard InChI is InChI=1S/C18H21NO/c1-3-14(2)16-11-7-8-12-17(16)19-18(20)13-15-9-5-4-6-10-15/h4-12,14H,3,13H2,1-2H3,(H,19,20). The Bertz CT molecular complexity index is 563. The highest BCUT2D eigenvalue weighted by molar-refractivity contribution is 5.93. The maximum absolute atomic E-state index is 12.1. The number of anilines is 1. The summed E-state index contributed by atoms with van der Waals surface area (Å²) in [5.41, 5.74) is 3.17. The molecule has 2 aromatic rings. The van der Waals surface area contributed by atoms with Crippen molar-refractivity contribution >= 4 is 11.6 Å². The molecule has 0 spiro atoms. The number of amides is 1. The van der Waals surface area contributed by atoms with Crippen LogP contribution in [0, 0.1) is 0 Å². The molecule has 104 valence electrons. The monoisotopic (exact) mass is 267 g/mol. The quantitative estimate of drug-likeness (QED) is 0.855. The largest absolute Gasteiger partial charge is 0.326 e. The summed E-state index contributed by atoms with van der Waals surface area (Å²) in [6, 6.07) is 17.9. The lowest BCUT2D eigenvalue weighted by Gasteiger charge is -2.15. The van der Waals surface area contributed by atoms with Crippen LogP contribution in [-0.2, 0) is 11.2 Å². The molecule has 20 heavy (non-hydrogen) atoms. The second-order valence-electron chi connectivity index (χ2n) is 5.11. The Morgan fingerprint density at radius 2 is 1.70 bits per heavy atom. The zero-order valence-electron chi connectivity index (χ0n) is 12.1. The Morgan fingerprint density at radius 3 is 2.40 bits per heavy atom. The first-order valence-corrected chi connectivity index (χ1v) is 7.13. The van der Waals surface area contributed by atoms with Gasteiger partial charge in [0.15, 0.2) is 0 Å². The maximum atomic E-state index is 12.1. The van der Waals surface area contributed by atoms with Gasteiger partial charge in [0.05, 0.1) is 6.42 Å². The lowest BCUT2D eigenvalue weighted by atomic mass is 9.97. The lowest BCUT2D eigenvalue weighted by Crippen LogP contribution is -2.16. The zero-order chi connectivity index (χ0) is 14.4. The SMILES string of the molecule is CCC(C)c1ccccc1NC(=O)Cc1ccccc1. The molecule has 0 aliphatic heterocycles. The van der Waals surface area contributed by atoms with Crippen molar-refractivity contribution in [2.24, 2.45) is 0 Å². The molecular weight excluding hydrogens is 246 g/mol. The third-order valence-electron chi connectivity index (χ3n) is 3.59. The molecule has 0 aliphatic carbocycles. The van der Waals surface area contributed by atoms with Gasteiger partial charge in [0, 0.05) is 5.69 Å². The molecule has 2 nitrogen and oxygen atoms in total. The van der Waals surface area contributed by atoms with E-state index >= 15 is 0 Å². The molecule has 2 aromatic carbocycles. The molecule has 0 bridgehead atoms. The summed E-state index contributed by atoms with van der Waals surface area (Å²) in [4.78, 5) is 12.1. The van der Waals surface area contributed by atoms with E-state index in [4.69, 9.17) is 0 Å². The Labute approximate surface area is 120 Å². The van der Waals surface area contributed by atoms with E-state index in [2.05, 4.69) is 25.2 Å². The second kappa shape index (κ2) is 6.90. The van der Waals surface area contributed by atoms with Crippen molar-refractivity contribution < 1.29 is 4.79 Å². The van der Waals surface area contributed by atoms with Crippen LogP contribution in [0.15, 0.2) is 54.6 Å². The number of benzene rings is 2. The fourth-order valence-corrected chi connectivity index (χ4v) is 2.24. The number of hydrogen-bond acceptors (Lipinski definition) is 1. The molecule has 0 heterocycles. The summed E-state index contributed by atoms with van der Waals surface area (Å²) in [6.07, 6.45) is 1.47. The summed E-state index contributed by atoms with van der Waals surface area (Å²) in [5, 5.41) is 3.04.